The molecule has 2 N–H and O–H groups in total. The molecule has 1 amide bonds. The lowest BCUT2D eigenvalue weighted by molar-refractivity contribution is -0.125. The molecule has 0 spiro atoms. The maximum Gasteiger partial charge on any atom is 0.223 e. The van der Waals surface area contributed by atoms with Gasteiger partial charge in [0.25, 0.3) is 0 Å². The standard InChI is InChI=1S/C17H22N4O.ClH/c22-17(16-5-7-18-8-6-16)20-11-14-1-3-15(4-2-14)12-21-10-9-19-13-21;/h1-4,9-10,13,16,18H,5-8,11-12H2,(H,20,22);1H. The highest BCUT2D eigenvalue weighted by Gasteiger charge is 2.20. The van der Waals surface area contributed by atoms with Gasteiger partial charge in [-0.15, -0.1) is 12.4 Å². The van der Waals surface area contributed by atoms with E-state index >= 15 is 0 Å². The predicted octanol–water partition coefficient (Wildman–Crippen LogP) is 1.97. The fraction of sp³-hybridized carbons (Fsp3) is 0.412. The van der Waals surface area contributed by atoms with Crippen LogP contribution in [0.25, 0.3) is 0 Å². The number of amides is 1. The minimum absolute atomic E-state index is 0. The molecule has 1 aromatic carbocycles. The number of carbonyl (C=O) groups is 1. The SMILES string of the molecule is Cl.O=C(NCc1ccc(Cn2ccnc2)cc1)C1CCNCC1. The summed E-state index contributed by atoms with van der Waals surface area (Å²) >= 11 is 0. The van der Waals surface area contributed by atoms with Crippen molar-refractivity contribution in [3.63, 3.8) is 0 Å². The van der Waals surface area contributed by atoms with Gasteiger partial charge in [0.05, 0.1) is 6.33 Å². The Labute approximate surface area is 142 Å². The molecule has 1 aliphatic heterocycles. The number of rotatable bonds is 5. The van der Waals surface area contributed by atoms with Crippen LogP contribution < -0.4 is 10.6 Å². The Bertz CT molecular complexity index is 592. The normalized spacial score (nSPS) is 15.0. The summed E-state index contributed by atoms with van der Waals surface area (Å²) in [5.74, 6) is 0.353. The summed E-state index contributed by atoms with van der Waals surface area (Å²) in [7, 11) is 0. The lowest BCUT2D eigenvalue weighted by atomic mass is 9.97. The molecule has 0 saturated carbocycles. The van der Waals surface area contributed by atoms with E-state index in [4.69, 9.17) is 0 Å². The quantitative estimate of drug-likeness (QED) is 0.879. The molecule has 1 saturated heterocycles. The number of hydrogen-bond acceptors (Lipinski definition) is 3. The van der Waals surface area contributed by atoms with Crippen LogP contribution in [0.3, 0.4) is 0 Å². The summed E-state index contributed by atoms with van der Waals surface area (Å²) in [4.78, 5) is 16.1. The second kappa shape index (κ2) is 8.70. The molecule has 1 fully saturated rings. The average molecular weight is 335 g/mol. The van der Waals surface area contributed by atoms with Crippen LogP contribution in [0.4, 0.5) is 0 Å². The summed E-state index contributed by atoms with van der Waals surface area (Å²) in [5, 5.41) is 6.33. The van der Waals surface area contributed by atoms with E-state index in [1.165, 1.54) is 5.56 Å². The first kappa shape index (κ1) is 17.5. The minimum Gasteiger partial charge on any atom is -0.352 e. The molecule has 0 bridgehead atoms. The van der Waals surface area contributed by atoms with Crippen molar-refractivity contribution < 1.29 is 4.79 Å². The summed E-state index contributed by atoms with van der Waals surface area (Å²) in [6, 6.07) is 8.36. The number of benzene rings is 1. The Morgan fingerprint density at radius 3 is 2.57 bits per heavy atom. The van der Waals surface area contributed by atoms with E-state index in [2.05, 4.69) is 39.9 Å². The largest absolute Gasteiger partial charge is 0.352 e. The van der Waals surface area contributed by atoms with Crippen molar-refractivity contribution in [1.29, 1.82) is 0 Å². The summed E-state index contributed by atoms with van der Waals surface area (Å²) < 4.78 is 2.04. The fourth-order valence-electron chi connectivity index (χ4n) is 2.77. The van der Waals surface area contributed by atoms with Crippen LogP contribution in [0.15, 0.2) is 43.0 Å². The van der Waals surface area contributed by atoms with E-state index in [9.17, 15) is 4.79 Å². The molecule has 0 aliphatic carbocycles. The Morgan fingerprint density at radius 2 is 1.91 bits per heavy atom. The maximum absolute atomic E-state index is 12.1. The molecular formula is C17H23ClN4O. The smallest absolute Gasteiger partial charge is 0.223 e. The van der Waals surface area contributed by atoms with E-state index < -0.39 is 0 Å². The van der Waals surface area contributed by atoms with E-state index in [1.807, 2.05) is 17.1 Å². The van der Waals surface area contributed by atoms with Crippen LogP contribution >= 0.6 is 12.4 Å². The summed E-state index contributed by atoms with van der Waals surface area (Å²) in [6.45, 7) is 3.32. The van der Waals surface area contributed by atoms with Gasteiger partial charge in [-0.3, -0.25) is 4.79 Å². The van der Waals surface area contributed by atoms with Gasteiger partial charge in [0.2, 0.25) is 5.91 Å². The van der Waals surface area contributed by atoms with Crippen molar-refractivity contribution in [1.82, 2.24) is 20.2 Å². The molecule has 6 heteroatoms. The van der Waals surface area contributed by atoms with Gasteiger partial charge in [0.1, 0.15) is 0 Å². The van der Waals surface area contributed by atoms with Crippen LogP contribution in [-0.4, -0.2) is 28.5 Å². The Balaban J connectivity index is 0.00000192. The highest BCUT2D eigenvalue weighted by molar-refractivity contribution is 5.85. The summed E-state index contributed by atoms with van der Waals surface area (Å²) in [5.41, 5.74) is 2.36. The van der Waals surface area contributed by atoms with Crippen molar-refractivity contribution >= 4 is 18.3 Å². The van der Waals surface area contributed by atoms with E-state index in [1.54, 1.807) is 6.20 Å². The topological polar surface area (TPSA) is 59.0 Å². The van der Waals surface area contributed by atoms with Gasteiger partial charge in [-0.2, -0.15) is 0 Å². The molecule has 124 valence electrons. The van der Waals surface area contributed by atoms with E-state index in [0.717, 1.165) is 38.0 Å². The van der Waals surface area contributed by atoms with Crippen molar-refractivity contribution in [2.75, 3.05) is 13.1 Å². The molecule has 1 aromatic heterocycles. The third-order valence-corrected chi connectivity index (χ3v) is 4.12. The molecule has 0 radical (unpaired) electrons. The second-order valence-corrected chi connectivity index (χ2v) is 5.79. The molecular weight excluding hydrogens is 312 g/mol. The molecule has 3 rings (SSSR count). The zero-order valence-electron chi connectivity index (χ0n) is 13.1. The second-order valence-electron chi connectivity index (χ2n) is 5.79. The van der Waals surface area contributed by atoms with Gasteiger partial charge in [-0.1, -0.05) is 24.3 Å². The number of aromatic nitrogens is 2. The molecule has 0 atom stereocenters. The maximum atomic E-state index is 12.1. The fourth-order valence-corrected chi connectivity index (χ4v) is 2.77. The van der Waals surface area contributed by atoms with Gasteiger partial charge in [0, 0.05) is 31.4 Å². The number of nitrogens with one attached hydrogen (secondary N) is 2. The monoisotopic (exact) mass is 334 g/mol. The average Bonchev–Trinajstić information content (AvgIpc) is 3.08. The van der Waals surface area contributed by atoms with Crippen molar-refractivity contribution in [3.05, 3.63) is 54.1 Å². The van der Waals surface area contributed by atoms with Gasteiger partial charge in [0.15, 0.2) is 0 Å². The number of piperidine rings is 1. The van der Waals surface area contributed by atoms with Crippen molar-refractivity contribution in [2.45, 2.75) is 25.9 Å². The van der Waals surface area contributed by atoms with Gasteiger partial charge in [-0.05, 0) is 37.1 Å². The van der Waals surface area contributed by atoms with E-state index in [-0.39, 0.29) is 24.2 Å². The first-order chi connectivity index (χ1) is 10.8. The lowest BCUT2D eigenvalue weighted by Crippen LogP contribution is -2.37. The Kier molecular flexibility index (Phi) is 6.62. The van der Waals surface area contributed by atoms with Crippen LogP contribution in [0, 0.1) is 5.92 Å². The highest BCUT2D eigenvalue weighted by atomic mass is 35.5. The van der Waals surface area contributed by atoms with E-state index in [0.29, 0.717) is 6.54 Å². The molecule has 0 unspecified atom stereocenters. The molecule has 23 heavy (non-hydrogen) atoms. The number of hydrogen-bond donors (Lipinski definition) is 2. The zero-order chi connectivity index (χ0) is 15.2. The third kappa shape index (κ3) is 5.08. The third-order valence-electron chi connectivity index (χ3n) is 4.12. The number of imidazole rings is 1. The van der Waals surface area contributed by atoms with Crippen LogP contribution in [-0.2, 0) is 17.9 Å². The number of carbonyl (C=O) groups excluding carboxylic acids is 1. The van der Waals surface area contributed by atoms with Crippen LogP contribution in [0.1, 0.15) is 24.0 Å². The first-order valence-corrected chi connectivity index (χ1v) is 7.83. The van der Waals surface area contributed by atoms with Gasteiger partial charge < -0.3 is 15.2 Å². The molecule has 1 aliphatic rings. The number of halogens is 1. The summed E-state index contributed by atoms with van der Waals surface area (Å²) in [6.07, 6.45) is 7.43. The molecule has 2 aromatic rings. The Hall–Kier alpha value is -1.85. The lowest BCUT2D eigenvalue weighted by Gasteiger charge is -2.21. The number of nitrogens with zero attached hydrogens (tertiary/aromatic N) is 2. The van der Waals surface area contributed by atoms with Crippen LogP contribution in [0.2, 0.25) is 0 Å². The van der Waals surface area contributed by atoms with Crippen LogP contribution in [0.5, 0.6) is 0 Å². The molecule has 2 heterocycles. The highest BCUT2D eigenvalue weighted by Crippen LogP contribution is 2.12. The Morgan fingerprint density at radius 1 is 1.22 bits per heavy atom. The predicted molar refractivity (Wildman–Crippen MR) is 92.5 cm³/mol. The first-order valence-electron chi connectivity index (χ1n) is 7.83. The molecule has 5 nitrogen and oxygen atoms in total. The minimum atomic E-state index is 0. The van der Waals surface area contributed by atoms with Gasteiger partial charge >= 0.3 is 0 Å². The zero-order valence-corrected chi connectivity index (χ0v) is 13.9. The van der Waals surface area contributed by atoms with Gasteiger partial charge in [-0.25, -0.2) is 4.98 Å². The van der Waals surface area contributed by atoms with Crippen molar-refractivity contribution in [3.8, 4) is 0 Å². The van der Waals surface area contributed by atoms with Crippen molar-refractivity contribution in [2.24, 2.45) is 5.92 Å².